The second-order valence-corrected chi connectivity index (χ2v) is 3.93. The van der Waals surface area contributed by atoms with Gasteiger partial charge >= 0.3 is 0 Å². The molecule has 0 aromatic heterocycles. The summed E-state index contributed by atoms with van der Waals surface area (Å²) < 4.78 is 5.52. The number of hydrogen-bond acceptors (Lipinski definition) is 1. The maximum Gasteiger partial charge on any atom is 0.123 e. The molecule has 0 heterocycles. The monoisotopic (exact) mass is 276 g/mol. The molecule has 0 atom stereocenters. The van der Waals surface area contributed by atoms with E-state index in [-0.39, 0.29) is 0 Å². The van der Waals surface area contributed by atoms with Crippen LogP contribution in [0.5, 0.6) is 5.75 Å². The summed E-state index contributed by atoms with van der Waals surface area (Å²) in [6.45, 7) is 0.433. The molecule has 86 valence electrons. The first-order valence-corrected chi connectivity index (χ1v) is 5.94. The summed E-state index contributed by atoms with van der Waals surface area (Å²) in [7, 11) is 0. The lowest BCUT2D eigenvalue weighted by Crippen LogP contribution is -1.97. The molecule has 4 heteroatoms. The Hall–Kier alpha value is -0.630. The van der Waals surface area contributed by atoms with Crippen LogP contribution < -0.4 is 4.74 Å². The van der Waals surface area contributed by atoms with Crippen molar-refractivity contribution in [2.75, 3.05) is 6.61 Å². The summed E-state index contributed by atoms with van der Waals surface area (Å²) in [4.78, 5) is 0. The highest BCUT2D eigenvalue weighted by molar-refractivity contribution is 6.30. The lowest BCUT2D eigenvalue weighted by atomic mass is 10.1. The molecule has 1 aromatic rings. The average Bonchev–Trinajstić information content (AvgIpc) is 2.29. The zero-order valence-corrected chi connectivity index (χ0v) is 10.8. The SMILES string of the molecule is ClC=CCOc1ccc(Cl)cc1CC=CCl. The zero-order chi connectivity index (χ0) is 11.8. The highest BCUT2D eigenvalue weighted by Crippen LogP contribution is 2.23. The fourth-order valence-electron chi connectivity index (χ4n) is 1.19. The Morgan fingerprint density at radius 2 is 1.88 bits per heavy atom. The van der Waals surface area contributed by atoms with Crippen LogP contribution >= 0.6 is 34.8 Å². The number of ether oxygens (including phenoxy) is 1. The predicted octanol–water partition coefficient (Wildman–Crippen LogP) is 4.77. The van der Waals surface area contributed by atoms with Crippen LogP contribution in [0.25, 0.3) is 0 Å². The van der Waals surface area contributed by atoms with Gasteiger partial charge in [-0.15, -0.1) is 0 Å². The molecule has 0 spiro atoms. The van der Waals surface area contributed by atoms with Gasteiger partial charge in [-0.2, -0.15) is 0 Å². The lowest BCUT2D eigenvalue weighted by Gasteiger charge is -2.08. The minimum absolute atomic E-state index is 0.433. The highest BCUT2D eigenvalue weighted by atomic mass is 35.5. The molecule has 1 rings (SSSR count). The fraction of sp³-hybridized carbons (Fsp3) is 0.167. The predicted molar refractivity (Wildman–Crippen MR) is 70.6 cm³/mol. The standard InChI is InChI=1S/C12H11Cl3O/c13-6-1-3-10-9-11(15)4-5-12(10)16-8-2-7-14/h1-2,4-7,9H,3,8H2. The van der Waals surface area contributed by atoms with E-state index in [1.807, 2.05) is 18.2 Å². The summed E-state index contributed by atoms with van der Waals surface area (Å²) in [5.74, 6) is 0.786. The van der Waals surface area contributed by atoms with Gasteiger partial charge in [0, 0.05) is 16.1 Å². The number of halogens is 3. The van der Waals surface area contributed by atoms with Crippen LogP contribution in [0.4, 0.5) is 0 Å². The van der Waals surface area contributed by atoms with E-state index in [0.717, 1.165) is 11.3 Å². The van der Waals surface area contributed by atoms with Crippen molar-refractivity contribution in [3.63, 3.8) is 0 Å². The van der Waals surface area contributed by atoms with E-state index in [1.165, 1.54) is 11.1 Å². The Balaban J connectivity index is 2.79. The summed E-state index contributed by atoms with van der Waals surface area (Å²) >= 11 is 16.8. The maximum atomic E-state index is 5.91. The number of hydrogen-bond donors (Lipinski definition) is 0. The molecule has 0 unspecified atom stereocenters. The summed E-state index contributed by atoms with van der Waals surface area (Å²) in [5.41, 5.74) is 3.89. The van der Waals surface area contributed by atoms with E-state index in [1.54, 1.807) is 12.1 Å². The quantitative estimate of drug-likeness (QED) is 0.753. The van der Waals surface area contributed by atoms with Gasteiger partial charge in [-0.25, -0.2) is 0 Å². The smallest absolute Gasteiger partial charge is 0.123 e. The Morgan fingerprint density at radius 3 is 2.56 bits per heavy atom. The van der Waals surface area contributed by atoms with Crippen LogP contribution in [0.3, 0.4) is 0 Å². The van der Waals surface area contributed by atoms with Crippen LogP contribution in [-0.4, -0.2) is 6.61 Å². The summed E-state index contributed by atoms with van der Waals surface area (Å²) in [6, 6.07) is 5.48. The van der Waals surface area contributed by atoms with Crippen molar-refractivity contribution in [1.82, 2.24) is 0 Å². The van der Waals surface area contributed by atoms with Gasteiger partial charge in [-0.3, -0.25) is 0 Å². The van der Waals surface area contributed by atoms with E-state index in [0.29, 0.717) is 18.1 Å². The molecule has 0 saturated carbocycles. The molecule has 0 aliphatic heterocycles. The number of rotatable bonds is 5. The largest absolute Gasteiger partial charge is 0.489 e. The highest BCUT2D eigenvalue weighted by Gasteiger charge is 2.02. The molecule has 0 fully saturated rings. The van der Waals surface area contributed by atoms with Crippen molar-refractivity contribution < 1.29 is 4.74 Å². The molecule has 0 amide bonds. The first-order chi connectivity index (χ1) is 7.77. The third-order valence-corrected chi connectivity index (χ3v) is 2.46. The second-order valence-electron chi connectivity index (χ2n) is 2.99. The van der Waals surface area contributed by atoms with Crippen LogP contribution in [0.2, 0.25) is 5.02 Å². The number of allylic oxidation sites excluding steroid dienone is 1. The first kappa shape index (κ1) is 13.4. The third-order valence-electron chi connectivity index (χ3n) is 1.87. The van der Waals surface area contributed by atoms with Gasteiger partial charge in [0.05, 0.1) is 0 Å². The molecule has 0 aliphatic carbocycles. The molecule has 0 radical (unpaired) electrons. The van der Waals surface area contributed by atoms with Crippen molar-refractivity contribution >= 4 is 34.8 Å². The molecule has 1 nitrogen and oxygen atoms in total. The van der Waals surface area contributed by atoms with Crippen LogP contribution in [0.15, 0.2) is 41.4 Å². The molecular weight excluding hydrogens is 266 g/mol. The van der Waals surface area contributed by atoms with E-state index >= 15 is 0 Å². The Kier molecular flexibility index (Phi) is 6.39. The normalized spacial score (nSPS) is 11.4. The van der Waals surface area contributed by atoms with Crippen LogP contribution in [0.1, 0.15) is 5.56 Å². The van der Waals surface area contributed by atoms with Gasteiger partial charge in [0.25, 0.3) is 0 Å². The zero-order valence-electron chi connectivity index (χ0n) is 8.50. The van der Waals surface area contributed by atoms with Crippen molar-refractivity contribution in [1.29, 1.82) is 0 Å². The summed E-state index contributed by atoms with van der Waals surface area (Å²) in [6.07, 6.45) is 4.23. The van der Waals surface area contributed by atoms with Gasteiger partial charge in [0.15, 0.2) is 0 Å². The fourth-order valence-corrected chi connectivity index (χ4v) is 1.55. The molecule has 0 bridgehead atoms. The molecule has 16 heavy (non-hydrogen) atoms. The second kappa shape index (κ2) is 7.61. The van der Waals surface area contributed by atoms with Gasteiger partial charge in [-0.05, 0) is 36.3 Å². The van der Waals surface area contributed by atoms with Crippen molar-refractivity contribution in [2.24, 2.45) is 0 Å². The topological polar surface area (TPSA) is 9.23 Å². The summed E-state index contributed by atoms with van der Waals surface area (Å²) in [5, 5.41) is 0.679. The van der Waals surface area contributed by atoms with Gasteiger partial charge in [0.1, 0.15) is 12.4 Å². The van der Waals surface area contributed by atoms with E-state index in [4.69, 9.17) is 39.5 Å². The number of benzene rings is 1. The van der Waals surface area contributed by atoms with Crippen LogP contribution in [0, 0.1) is 0 Å². The lowest BCUT2D eigenvalue weighted by molar-refractivity contribution is 0.360. The van der Waals surface area contributed by atoms with Gasteiger partial charge < -0.3 is 4.74 Å². The first-order valence-electron chi connectivity index (χ1n) is 4.69. The molecule has 1 aromatic carbocycles. The molecule has 0 aliphatic rings. The maximum absolute atomic E-state index is 5.91. The van der Waals surface area contributed by atoms with Crippen molar-refractivity contribution in [2.45, 2.75) is 6.42 Å². The minimum atomic E-state index is 0.433. The minimum Gasteiger partial charge on any atom is -0.489 e. The third kappa shape index (κ3) is 4.48. The molecule has 0 N–H and O–H groups in total. The molecule has 0 saturated heterocycles. The van der Waals surface area contributed by atoms with Gasteiger partial charge in [-0.1, -0.05) is 40.9 Å². The van der Waals surface area contributed by atoms with E-state index in [2.05, 4.69) is 0 Å². The van der Waals surface area contributed by atoms with E-state index in [9.17, 15) is 0 Å². The molecular formula is C12H11Cl3O. The van der Waals surface area contributed by atoms with Crippen molar-refractivity contribution in [3.05, 3.63) is 52.0 Å². The van der Waals surface area contributed by atoms with Crippen molar-refractivity contribution in [3.8, 4) is 5.75 Å². The van der Waals surface area contributed by atoms with Gasteiger partial charge in [0.2, 0.25) is 0 Å². The Bertz CT molecular complexity index is 386. The van der Waals surface area contributed by atoms with E-state index < -0.39 is 0 Å². The average molecular weight is 278 g/mol. The Labute approximate surface area is 110 Å². The van der Waals surface area contributed by atoms with Crippen LogP contribution in [-0.2, 0) is 6.42 Å². The Morgan fingerprint density at radius 1 is 1.12 bits per heavy atom.